The van der Waals surface area contributed by atoms with Gasteiger partial charge in [0.05, 0.1) is 31.9 Å². The summed E-state index contributed by atoms with van der Waals surface area (Å²) in [6.45, 7) is -0.455. The van der Waals surface area contributed by atoms with Gasteiger partial charge in [-0.15, -0.1) is 5.10 Å². The van der Waals surface area contributed by atoms with Gasteiger partial charge >= 0.3 is 0 Å². The van der Waals surface area contributed by atoms with Crippen molar-refractivity contribution in [2.45, 2.75) is 24.9 Å². The number of carbonyl (C=O) groups is 2. The third-order valence-corrected chi connectivity index (χ3v) is 4.56. The van der Waals surface area contributed by atoms with Crippen LogP contribution < -0.4 is 5.32 Å². The van der Waals surface area contributed by atoms with E-state index in [2.05, 4.69) is 15.6 Å². The van der Waals surface area contributed by atoms with E-state index in [0.29, 0.717) is 12.7 Å². The minimum Gasteiger partial charge on any atom is -0.383 e. The van der Waals surface area contributed by atoms with Crippen molar-refractivity contribution in [1.82, 2.24) is 25.2 Å². The molecule has 2 amide bonds. The largest absolute Gasteiger partial charge is 0.383 e. The molecule has 8 nitrogen and oxygen atoms in total. The zero-order chi connectivity index (χ0) is 21.9. The quantitative estimate of drug-likeness (QED) is 0.532. The summed E-state index contributed by atoms with van der Waals surface area (Å²) in [6.07, 6.45) is 0.635. The number of alkyl halides is 2. The molecule has 0 aliphatic carbocycles. The smallest absolute Gasteiger partial charge is 0.273 e. The number of nitrogens with zero attached hydrogens (tertiary/aromatic N) is 4. The van der Waals surface area contributed by atoms with Gasteiger partial charge < -0.3 is 15.0 Å². The van der Waals surface area contributed by atoms with Gasteiger partial charge in [0.2, 0.25) is 0 Å². The lowest BCUT2D eigenvalue weighted by atomic mass is 10.1. The number of carbonyl (C=O) groups excluding carboxylic acids is 2. The van der Waals surface area contributed by atoms with E-state index in [1.165, 1.54) is 18.0 Å². The number of nitrogens with one attached hydrogen (secondary N) is 1. The van der Waals surface area contributed by atoms with Gasteiger partial charge in [-0.25, -0.2) is 22.2 Å². The minimum absolute atomic E-state index is 0.0191. The van der Waals surface area contributed by atoms with Crippen molar-refractivity contribution in [2.75, 3.05) is 26.8 Å². The van der Waals surface area contributed by atoms with Gasteiger partial charge in [-0.1, -0.05) is 5.21 Å². The highest BCUT2D eigenvalue weighted by atomic mass is 19.3. The number of amides is 2. The van der Waals surface area contributed by atoms with Crippen LogP contribution in [0.25, 0.3) is 0 Å². The summed E-state index contributed by atoms with van der Waals surface area (Å²) in [5, 5.41) is 10.00. The summed E-state index contributed by atoms with van der Waals surface area (Å²) in [4.78, 5) is 25.5. The van der Waals surface area contributed by atoms with Crippen LogP contribution in [0, 0.1) is 11.6 Å². The molecule has 1 aliphatic heterocycles. The molecule has 0 radical (unpaired) electrons. The summed E-state index contributed by atoms with van der Waals surface area (Å²) in [7, 11) is 1.48. The van der Waals surface area contributed by atoms with Crippen molar-refractivity contribution in [3.05, 3.63) is 47.3 Å². The number of likely N-dealkylation sites (tertiary alicyclic amines) is 1. The van der Waals surface area contributed by atoms with E-state index in [1.54, 1.807) is 0 Å². The molecule has 0 unspecified atom stereocenters. The van der Waals surface area contributed by atoms with Crippen LogP contribution in [0.5, 0.6) is 0 Å². The van der Waals surface area contributed by atoms with Gasteiger partial charge in [0.15, 0.2) is 17.3 Å². The Morgan fingerprint density at radius 2 is 2.07 bits per heavy atom. The zero-order valence-electron chi connectivity index (χ0n) is 15.9. The molecule has 2 heterocycles. The van der Waals surface area contributed by atoms with Crippen LogP contribution >= 0.6 is 0 Å². The monoisotopic (exact) mass is 429 g/mol. The fourth-order valence-electron chi connectivity index (χ4n) is 3.16. The van der Waals surface area contributed by atoms with E-state index in [4.69, 9.17) is 4.74 Å². The van der Waals surface area contributed by atoms with E-state index in [9.17, 15) is 27.2 Å². The predicted octanol–water partition coefficient (Wildman–Crippen LogP) is 1.48. The highest BCUT2D eigenvalue weighted by Crippen LogP contribution is 2.34. The minimum atomic E-state index is -3.15. The topological polar surface area (TPSA) is 89.4 Å². The molecule has 0 bridgehead atoms. The van der Waals surface area contributed by atoms with Crippen LogP contribution in [0.1, 0.15) is 27.3 Å². The maximum absolute atomic E-state index is 14.0. The van der Waals surface area contributed by atoms with Gasteiger partial charge in [0.25, 0.3) is 17.7 Å². The molecule has 1 aromatic heterocycles. The Morgan fingerprint density at radius 1 is 1.30 bits per heavy atom. The number of halogens is 4. The standard InChI is InChI=1S/C18H19F4N5O3/c1-30-5-4-23-16(28)15-9-26(25-24-15)8-12-7-18(21,22)10-27(12)17(29)11-2-3-13(19)14(20)6-11/h2-3,6,9,12H,4-5,7-8,10H2,1H3,(H,23,28)/t12-/m0/s1. The third-order valence-electron chi connectivity index (χ3n) is 4.56. The molecule has 3 rings (SSSR count). The molecule has 1 atom stereocenters. The van der Waals surface area contributed by atoms with E-state index in [1.807, 2.05) is 0 Å². The van der Waals surface area contributed by atoms with Crippen LogP contribution in [0.3, 0.4) is 0 Å². The summed E-state index contributed by atoms with van der Waals surface area (Å²) in [5.41, 5.74) is -0.261. The number of hydrogen-bond donors (Lipinski definition) is 1. The SMILES string of the molecule is COCCNC(=O)c1cn(C[C@@H]2CC(F)(F)CN2C(=O)c2ccc(F)c(F)c2)nn1. The van der Waals surface area contributed by atoms with Crippen LogP contribution in [-0.4, -0.2) is 70.5 Å². The van der Waals surface area contributed by atoms with E-state index >= 15 is 0 Å². The molecule has 1 N–H and O–H groups in total. The first-order valence-corrected chi connectivity index (χ1v) is 9.01. The van der Waals surface area contributed by atoms with Crippen molar-refractivity contribution in [3.63, 3.8) is 0 Å². The number of ether oxygens (including phenoxy) is 1. The highest BCUT2D eigenvalue weighted by Gasteiger charge is 2.47. The predicted molar refractivity (Wildman–Crippen MR) is 95.0 cm³/mol. The molecule has 30 heavy (non-hydrogen) atoms. The zero-order valence-corrected chi connectivity index (χ0v) is 15.9. The average Bonchev–Trinajstić information content (AvgIpc) is 3.27. The Morgan fingerprint density at radius 3 is 2.77 bits per heavy atom. The first-order valence-electron chi connectivity index (χ1n) is 9.01. The summed E-state index contributed by atoms with van der Waals surface area (Å²) < 4.78 is 60.6. The van der Waals surface area contributed by atoms with Crippen molar-refractivity contribution in [1.29, 1.82) is 0 Å². The van der Waals surface area contributed by atoms with Crippen molar-refractivity contribution in [3.8, 4) is 0 Å². The lowest BCUT2D eigenvalue weighted by molar-refractivity contribution is 0.0117. The molecule has 1 saturated heterocycles. The average molecular weight is 429 g/mol. The number of aromatic nitrogens is 3. The molecule has 1 aliphatic rings. The Labute approximate surface area is 168 Å². The highest BCUT2D eigenvalue weighted by molar-refractivity contribution is 5.94. The maximum atomic E-state index is 14.0. The number of rotatable bonds is 7. The number of hydrogen-bond acceptors (Lipinski definition) is 5. The second-order valence-corrected chi connectivity index (χ2v) is 6.85. The first-order chi connectivity index (χ1) is 14.2. The normalized spacial score (nSPS) is 17.9. The van der Waals surface area contributed by atoms with Crippen LogP contribution in [0.15, 0.2) is 24.4 Å². The van der Waals surface area contributed by atoms with Crippen LogP contribution in [-0.2, 0) is 11.3 Å². The summed E-state index contributed by atoms with van der Waals surface area (Å²) in [5.74, 6) is -6.91. The second kappa shape index (κ2) is 8.78. The van der Waals surface area contributed by atoms with Crippen molar-refractivity contribution < 1.29 is 31.9 Å². The van der Waals surface area contributed by atoms with E-state index in [-0.39, 0.29) is 24.3 Å². The number of methoxy groups -OCH3 is 1. The fourth-order valence-corrected chi connectivity index (χ4v) is 3.16. The van der Waals surface area contributed by atoms with Gasteiger partial charge in [-0.2, -0.15) is 0 Å². The lowest BCUT2D eigenvalue weighted by Gasteiger charge is -2.23. The van der Waals surface area contributed by atoms with Gasteiger partial charge in [0.1, 0.15) is 0 Å². The molecule has 0 spiro atoms. The Balaban J connectivity index is 1.73. The molecule has 162 valence electrons. The fraction of sp³-hybridized carbons (Fsp3) is 0.444. The van der Waals surface area contributed by atoms with E-state index in [0.717, 1.165) is 17.0 Å². The van der Waals surface area contributed by atoms with Gasteiger partial charge in [-0.05, 0) is 18.2 Å². The van der Waals surface area contributed by atoms with Crippen LogP contribution in [0.4, 0.5) is 17.6 Å². The number of benzene rings is 1. The molecule has 0 saturated carbocycles. The maximum Gasteiger partial charge on any atom is 0.273 e. The molecular weight excluding hydrogens is 410 g/mol. The first kappa shape index (κ1) is 21.7. The molecule has 2 aromatic rings. The molecule has 1 fully saturated rings. The third kappa shape index (κ3) is 4.93. The van der Waals surface area contributed by atoms with Crippen LogP contribution in [0.2, 0.25) is 0 Å². The van der Waals surface area contributed by atoms with Crippen molar-refractivity contribution >= 4 is 11.8 Å². The summed E-state index contributed by atoms with van der Waals surface area (Å²) >= 11 is 0. The molecular formula is C18H19F4N5O3. The summed E-state index contributed by atoms with van der Waals surface area (Å²) in [6, 6.07) is 1.49. The van der Waals surface area contributed by atoms with Gasteiger partial charge in [-0.3, -0.25) is 9.59 Å². The van der Waals surface area contributed by atoms with E-state index < -0.39 is 48.4 Å². The Hall–Kier alpha value is -3.02. The Bertz CT molecular complexity index is 936. The molecule has 1 aromatic carbocycles. The van der Waals surface area contributed by atoms with Crippen molar-refractivity contribution in [2.24, 2.45) is 0 Å². The lowest BCUT2D eigenvalue weighted by Crippen LogP contribution is -2.39. The Kier molecular flexibility index (Phi) is 6.34. The second-order valence-electron chi connectivity index (χ2n) is 6.85. The van der Waals surface area contributed by atoms with Gasteiger partial charge in [0, 0.05) is 25.6 Å². The molecule has 12 heteroatoms.